The minimum atomic E-state index is -0.0685. The molecule has 1 fully saturated rings. The average molecular weight is 457 g/mol. The third kappa shape index (κ3) is 6.22. The summed E-state index contributed by atoms with van der Waals surface area (Å²) in [5.74, 6) is 0.634. The van der Waals surface area contributed by atoms with Crippen molar-refractivity contribution in [3.05, 3.63) is 57.9 Å². The summed E-state index contributed by atoms with van der Waals surface area (Å²) >= 11 is 6.57. The molecule has 0 N–H and O–H groups in total. The van der Waals surface area contributed by atoms with Gasteiger partial charge in [0.05, 0.1) is 12.2 Å². The van der Waals surface area contributed by atoms with Gasteiger partial charge in [-0.2, -0.15) is 5.10 Å². The first kappa shape index (κ1) is 24.1. The molecule has 0 bridgehead atoms. The molecule has 3 rings (SSSR count). The Kier molecular flexibility index (Phi) is 8.13. The van der Waals surface area contributed by atoms with Gasteiger partial charge in [-0.15, -0.1) is 0 Å². The molecule has 0 atom stereocenters. The van der Waals surface area contributed by atoms with Gasteiger partial charge in [-0.3, -0.25) is 9.59 Å². The molecule has 0 aliphatic carbocycles. The van der Waals surface area contributed by atoms with Gasteiger partial charge in [-0.1, -0.05) is 55.3 Å². The Balaban J connectivity index is 1.57. The van der Waals surface area contributed by atoms with Crippen LogP contribution in [0.3, 0.4) is 0 Å². The van der Waals surface area contributed by atoms with Crippen LogP contribution in [0.15, 0.2) is 30.3 Å². The smallest absolute Gasteiger partial charge is 0.246 e. The number of amides is 2. The van der Waals surface area contributed by atoms with Crippen molar-refractivity contribution in [3.8, 4) is 0 Å². The maximum absolute atomic E-state index is 12.7. The third-order valence-electron chi connectivity index (χ3n) is 5.83. The number of piperazine rings is 1. The molecule has 7 heteroatoms. The molecule has 2 aromatic rings. The van der Waals surface area contributed by atoms with Crippen LogP contribution < -0.4 is 0 Å². The number of aromatic nitrogens is 2. The molecule has 0 unspecified atom stereocenters. The fourth-order valence-electron chi connectivity index (χ4n) is 3.73. The summed E-state index contributed by atoms with van der Waals surface area (Å²) in [5, 5.41) is 5.06. The monoisotopic (exact) mass is 456 g/mol. The lowest BCUT2D eigenvalue weighted by molar-refractivity contribution is -0.137. The van der Waals surface area contributed by atoms with Gasteiger partial charge in [-0.25, -0.2) is 4.68 Å². The first-order chi connectivity index (χ1) is 15.2. The molecule has 1 aromatic heterocycles. The molecule has 0 radical (unpaired) electrons. The van der Waals surface area contributed by atoms with Crippen molar-refractivity contribution in [2.45, 2.75) is 47.1 Å². The van der Waals surface area contributed by atoms with E-state index in [0.717, 1.165) is 23.2 Å². The Hall–Kier alpha value is -2.60. The van der Waals surface area contributed by atoms with E-state index in [2.05, 4.69) is 50.1 Å². The SMILES string of the molecule is Cc1ccc(Cn2nc(C)c(/C=C/C(=O)N3CCN(C(=O)CCC(C)C)CC3)c2Cl)cc1. The highest BCUT2D eigenvalue weighted by atomic mass is 35.5. The third-order valence-corrected chi connectivity index (χ3v) is 6.23. The average Bonchev–Trinajstić information content (AvgIpc) is 3.04. The van der Waals surface area contributed by atoms with Crippen LogP contribution in [-0.4, -0.2) is 57.6 Å². The molecule has 0 saturated carbocycles. The standard InChI is InChI=1S/C25H33ClN4O2/c1-18(2)5-11-23(31)28-13-15-29(16-14-28)24(32)12-10-22-20(4)27-30(25(22)26)17-21-8-6-19(3)7-9-21/h6-10,12,18H,5,11,13-17H2,1-4H3/b12-10+. The molecule has 1 aliphatic rings. The maximum Gasteiger partial charge on any atom is 0.246 e. The van der Waals surface area contributed by atoms with Gasteiger partial charge < -0.3 is 9.80 Å². The predicted octanol–water partition coefficient (Wildman–Crippen LogP) is 4.32. The molecule has 6 nitrogen and oxygen atoms in total. The second-order valence-electron chi connectivity index (χ2n) is 8.91. The number of nitrogens with zero attached hydrogens (tertiary/aromatic N) is 4. The minimum absolute atomic E-state index is 0.0685. The zero-order valence-electron chi connectivity index (χ0n) is 19.5. The van der Waals surface area contributed by atoms with Crippen molar-refractivity contribution in [2.24, 2.45) is 5.92 Å². The van der Waals surface area contributed by atoms with Crippen LogP contribution in [-0.2, 0) is 16.1 Å². The van der Waals surface area contributed by atoms with Crippen molar-refractivity contribution in [3.63, 3.8) is 0 Å². The van der Waals surface area contributed by atoms with E-state index < -0.39 is 0 Å². The van der Waals surface area contributed by atoms with E-state index in [9.17, 15) is 9.59 Å². The fourth-order valence-corrected chi connectivity index (χ4v) is 4.03. The van der Waals surface area contributed by atoms with Crippen LogP contribution in [0.4, 0.5) is 0 Å². The highest BCUT2D eigenvalue weighted by Crippen LogP contribution is 2.22. The Morgan fingerprint density at radius 3 is 2.31 bits per heavy atom. The minimum Gasteiger partial charge on any atom is -0.339 e. The molecule has 32 heavy (non-hydrogen) atoms. The van der Waals surface area contributed by atoms with Crippen LogP contribution in [0.25, 0.3) is 6.08 Å². The lowest BCUT2D eigenvalue weighted by Crippen LogP contribution is -2.50. The number of aryl methyl sites for hydroxylation is 2. The summed E-state index contributed by atoms with van der Waals surface area (Å²) in [6.45, 7) is 11.0. The van der Waals surface area contributed by atoms with Crippen LogP contribution in [0.2, 0.25) is 5.15 Å². The van der Waals surface area contributed by atoms with E-state index >= 15 is 0 Å². The number of hydrogen-bond acceptors (Lipinski definition) is 3. The van der Waals surface area contributed by atoms with Crippen molar-refractivity contribution in [1.82, 2.24) is 19.6 Å². The van der Waals surface area contributed by atoms with E-state index in [1.54, 1.807) is 21.7 Å². The van der Waals surface area contributed by atoms with Crippen molar-refractivity contribution in [1.29, 1.82) is 0 Å². The van der Waals surface area contributed by atoms with E-state index in [0.29, 0.717) is 50.2 Å². The molecule has 1 aromatic carbocycles. The zero-order valence-corrected chi connectivity index (χ0v) is 20.2. The van der Waals surface area contributed by atoms with Crippen LogP contribution in [0, 0.1) is 19.8 Å². The van der Waals surface area contributed by atoms with Crippen molar-refractivity contribution < 1.29 is 9.59 Å². The molecule has 2 amide bonds. The van der Waals surface area contributed by atoms with Gasteiger partial charge in [0.25, 0.3) is 0 Å². The topological polar surface area (TPSA) is 58.4 Å². The van der Waals surface area contributed by atoms with Gasteiger partial charge in [0.15, 0.2) is 0 Å². The Morgan fingerprint density at radius 1 is 1.06 bits per heavy atom. The van der Waals surface area contributed by atoms with Crippen LogP contribution in [0.5, 0.6) is 0 Å². The largest absolute Gasteiger partial charge is 0.339 e. The van der Waals surface area contributed by atoms with Crippen molar-refractivity contribution in [2.75, 3.05) is 26.2 Å². The molecule has 2 heterocycles. The van der Waals surface area contributed by atoms with E-state index in [-0.39, 0.29) is 11.8 Å². The first-order valence-corrected chi connectivity index (χ1v) is 11.7. The van der Waals surface area contributed by atoms with Gasteiger partial charge in [-0.05, 0) is 37.8 Å². The number of carbonyl (C=O) groups excluding carboxylic acids is 2. The first-order valence-electron chi connectivity index (χ1n) is 11.3. The zero-order chi connectivity index (χ0) is 23.3. The van der Waals surface area contributed by atoms with E-state index in [1.807, 2.05) is 11.8 Å². The molecular weight excluding hydrogens is 424 g/mol. The summed E-state index contributed by atoms with van der Waals surface area (Å²) in [5.41, 5.74) is 3.87. The number of hydrogen-bond donors (Lipinski definition) is 0. The van der Waals surface area contributed by atoms with E-state index in [1.165, 1.54) is 5.56 Å². The van der Waals surface area contributed by atoms with Crippen LogP contribution in [0.1, 0.15) is 49.1 Å². The van der Waals surface area contributed by atoms with Gasteiger partial charge in [0, 0.05) is 44.2 Å². The molecule has 172 valence electrons. The highest BCUT2D eigenvalue weighted by Gasteiger charge is 2.23. The van der Waals surface area contributed by atoms with Crippen LogP contribution >= 0.6 is 11.6 Å². The summed E-state index contributed by atoms with van der Waals surface area (Å²) in [4.78, 5) is 28.6. The second-order valence-corrected chi connectivity index (χ2v) is 9.26. The quantitative estimate of drug-likeness (QED) is 0.583. The lowest BCUT2D eigenvalue weighted by atomic mass is 10.1. The summed E-state index contributed by atoms with van der Waals surface area (Å²) in [6, 6.07) is 8.26. The molecule has 1 saturated heterocycles. The molecular formula is C25H33ClN4O2. The Bertz CT molecular complexity index is 971. The number of benzene rings is 1. The molecule has 0 spiro atoms. The van der Waals surface area contributed by atoms with Gasteiger partial charge in [0.2, 0.25) is 11.8 Å². The fraction of sp³-hybridized carbons (Fsp3) is 0.480. The predicted molar refractivity (Wildman–Crippen MR) is 129 cm³/mol. The number of rotatable bonds is 7. The van der Waals surface area contributed by atoms with E-state index in [4.69, 9.17) is 11.6 Å². The second kappa shape index (κ2) is 10.8. The van der Waals surface area contributed by atoms with Gasteiger partial charge >= 0.3 is 0 Å². The highest BCUT2D eigenvalue weighted by molar-refractivity contribution is 6.31. The van der Waals surface area contributed by atoms with Gasteiger partial charge in [0.1, 0.15) is 5.15 Å². The summed E-state index contributed by atoms with van der Waals surface area (Å²) < 4.78 is 1.76. The normalized spacial score (nSPS) is 14.6. The Morgan fingerprint density at radius 2 is 1.69 bits per heavy atom. The Labute approximate surface area is 195 Å². The molecule has 1 aliphatic heterocycles. The summed E-state index contributed by atoms with van der Waals surface area (Å²) in [6.07, 6.45) is 4.79. The maximum atomic E-state index is 12.7. The number of halogens is 1. The lowest BCUT2D eigenvalue weighted by Gasteiger charge is -2.34. The summed E-state index contributed by atoms with van der Waals surface area (Å²) in [7, 11) is 0. The van der Waals surface area contributed by atoms with Crippen molar-refractivity contribution >= 4 is 29.5 Å². The number of carbonyl (C=O) groups is 2.